The number of nitrogens with one attached hydrogen (secondary N) is 1. The molecule has 0 unspecified atom stereocenters. The molecular weight excluding hydrogens is 267 g/mol. The van der Waals surface area contributed by atoms with Crippen LogP contribution in [-0.2, 0) is 0 Å². The van der Waals surface area contributed by atoms with Crippen LogP contribution in [0.2, 0.25) is 0 Å². The summed E-state index contributed by atoms with van der Waals surface area (Å²) in [6.07, 6.45) is -0.620. The molecule has 1 saturated heterocycles. The third-order valence-electron chi connectivity index (χ3n) is 4.53. The second-order valence-electron chi connectivity index (χ2n) is 6.58. The van der Waals surface area contributed by atoms with Crippen molar-refractivity contribution in [3.63, 3.8) is 0 Å². The van der Waals surface area contributed by atoms with Gasteiger partial charge in [-0.05, 0) is 44.4 Å². The highest BCUT2D eigenvalue weighted by Gasteiger charge is 2.32. The molecule has 1 aromatic rings. The lowest BCUT2D eigenvalue weighted by Gasteiger charge is -2.27. The van der Waals surface area contributed by atoms with E-state index in [-0.39, 0.29) is 11.9 Å². The van der Waals surface area contributed by atoms with E-state index in [0.29, 0.717) is 18.0 Å². The molecule has 0 spiro atoms. The smallest absolute Gasteiger partial charge is 0.123 e. The molecule has 1 heterocycles. The van der Waals surface area contributed by atoms with Gasteiger partial charge in [-0.3, -0.25) is 4.90 Å². The summed E-state index contributed by atoms with van der Waals surface area (Å²) in [5.74, 6) is 0.291. The Kier molecular flexibility index (Phi) is 5.36. The monoisotopic (exact) mass is 294 g/mol. The van der Waals surface area contributed by atoms with E-state index in [1.165, 1.54) is 12.1 Å². The molecule has 0 amide bonds. The van der Waals surface area contributed by atoms with Gasteiger partial charge in [0.15, 0.2) is 0 Å². The van der Waals surface area contributed by atoms with Gasteiger partial charge in [0.05, 0.1) is 6.10 Å². The minimum absolute atomic E-state index is 0.0602. The number of rotatable bonds is 5. The van der Waals surface area contributed by atoms with Crippen LogP contribution < -0.4 is 5.32 Å². The lowest BCUT2D eigenvalue weighted by atomic mass is 10.0. The minimum atomic E-state index is -0.620. The first-order chi connectivity index (χ1) is 9.88. The summed E-state index contributed by atoms with van der Waals surface area (Å²) in [6, 6.07) is 6.96. The third-order valence-corrected chi connectivity index (χ3v) is 4.53. The van der Waals surface area contributed by atoms with E-state index in [4.69, 9.17) is 0 Å². The summed E-state index contributed by atoms with van der Waals surface area (Å²) in [7, 11) is 0. The van der Waals surface area contributed by atoms with Gasteiger partial charge >= 0.3 is 0 Å². The number of hydrogen-bond donors (Lipinski definition) is 2. The molecule has 1 fully saturated rings. The SMILES string of the molecule is CC(C)N1C[C@@H](C)[C@@H](N[C@H](C)[C@H](O)c2ccc(F)cc2)C1. The number of aliphatic hydroxyl groups is 1. The van der Waals surface area contributed by atoms with Crippen molar-refractivity contribution in [2.45, 2.75) is 51.9 Å². The molecular formula is C17H27FN2O. The van der Waals surface area contributed by atoms with Crippen LogP contribution in [0.4, 0.5) is 4.39 Å². The molecule has 0 saturated carbocycles. The molecule has 3 nitrogen and oxygen atoms in total. The maximum absolute atomic E-state index is 12.9. The van der Waals surface area contributed by atoms with Crippen molar-refractivity contribution in [2.24, 2.45) is 5.92 Å². The summed E-state index contributed by atoms with van der Waals surface area (Å²) < 4.78 is 12.9. The highest BCUT2D eigenvalue weighted by atomic mass is 19.1. The normalized spacial score (nSPS) is 26.2. The van der Waals surface area contributed by atoms with Crippen LogP contribution in [0.15, 0.2) is 24.3 Å². The van der Waals surface area contributed by atoms with Gasteiger partial charge in [0.25, 0.3) is 0 Å². The zero-order chi connectivity index (χ0) is 15.6. The van der Waals surface area contributed by atoms with Gasteiger partial charge in [0.2, 0.25) is 0 Å². The van der Waals surface area contributed by atoms with Crippen LogP contribution in [0.25, 0.3) is 0 Å². The Morgan fingerprint density at radius 2 is 1.81 bits per heavy atom. The van der Waals surface area contributed by atoms with Gasteiger partial charge < -0.3 is 10.4 Å². The fourth-order valence-electron chi connectivity index (χ4n) is 3.02. The Balaban J connectivity index is 1.94. The Bertz CT molecular complexity index is 449. The molecule has 0 aliphatic carbocycles. The van der Waals surface area contributed by atoms with E-state index in [1.807, 2.05) is 6.92 Å². The first kappa shape index (κ1) is 16.4. The van der Waals surface area contributed by atoms with Gasteiger partial charge in [-0.25, -0.2) is 4.39 Å². The van der Waals surface area contributed by atoms with Crippen LogP contribution in [0, 0.1) is 11.7 Å². The molecule has 0 bridgehead atoms. The zero-order valence-corrected chi connectivity index (χ0v) is 13.4. The van der Waals surface area contributed by atoms with Crippen LogP contribution >= 0.6 is 0 Å². The van der Waals surface area contributed by atoms with Gasteiger partial charge in [0.1, 0.15) is 5.82 Å². The fraction of sp³-hybridized carbons (Fsp3) is 0.647. The number of hydrogen-bond acceptors (Lipinski definition) is 3. The third kappa shape index (κ3) is 4.02. The van der Waals surface area contributed by atoms with Gasteiger partial charge in [0, 0.05) is 31.2 Å². The minimum Gasteiger partial charge on any atom is -0.387 e. The highest BCUT2D eigenvalue weighted by Crippen LogP contribution is 2.22. The lowest BCUT2D eigenvalue weighted by Crippen LogP contribution is -2.44. The maximum Gasteiger partial charge on any atom is 0.123 e. The average Bonchev–Trinajstić information content (AvgIpc) is 2.80. The van der Waals surface area contributed by atoms with E-state index >= 15 is 0 Å². The molecule has 0 radical (unpaired) electrons. The van der Waals surface area contributed by atoms with E-state index in [0.717, 1.165) is 18.7 Å². The molecule has 1 aromatic carbocycles. The van der Waals surface area contributed by atoms with Crippen LogP contribution in [-0.4, -0.2) is 41.2 Å². The Labute approximate surface area is 127 Å². The van der Waals surface area contributed by atoms with Gasteiger partial charge in [-0.15, -0.1) is 0 Å². The summed E-state index contributed by atoms with van der Waals surface area (Å²) in [6.45, 7) is 10.8. The molecule has 118 valence electrons. The molecule has 4 atom stereocenters. The lowest BCUT2D eigenvalue weighted by molar-refractivity contribution is 0.126. The van der Waals surface area contributed by atoms with Crippen molar-refractivity contribution in [2.75, 3.05) is 13.1 Å². The van der Waals surface area contributed by atoms with E-state index in [2.05, 4.69) is 31.0 Å². The topological polar surface area (TPSA) is 35.5 Å². The van der Waals surface area contributed by atoms with Gasteiger partial charge in [-0.1, -0.05) is 19.1 Å². The van der Waals surface area contributed by atoms with Crippen LogP contribution in [0.3, 0.4) is 0 Å². The van der Waals surface area contributed by atoms with Gasteiger partial charge in [-0.2, -0.15) is 0 Å². The fourth-order valence-corrected chi connectivity index (χ4v) is 3.02. The number of aliphatic hydroxyl groups excluding tert-OH is 1. The van der Waals surface area contributed by atoms with Crippen molar-refractivity contribution >= 4 is 0 Å². The number of benzene rings is 1. The summed E-state index contributed by atoms with van der Waals surface area (Å²) in [4.78, 5) is 2.46. The van der Waals surface area contributed by atoms with Crippen molar-refractivity contribution in [1.29, 1.82) is 0 Å². The van der Waals surface area contributed by atoms with Crippen LogP contribution in [0.5, 0.6) is 0 Å². The molecule has 2 N–H and O–H groups in total. The van der Waals surface area contributed by atoms with Crippen molar-refractivity contribution in [1.82, 2.24) is 10.2 Å². The Morgan fingerprint density at radius 1 is 1.19 bits per heavy atom. The predicted molar refractivity (Wildman–Crippen MR) is 83.6 cm³/mol. The summed E-state index contributed by atoms with van der Waals surface area (Å²) in [5, 5.41) is 13.9. The van der Waals surface area contributed by atoms with Crippen molar-refractivity contribution < 1.29 is 9.50 Å². The first-order valence-corrected chi connectivity index (χ1v) is 7.82. The number of nitrogens with zero attached hydrogens (tertiary/aromatic N) is 1. The van der Waals surface area contributed by atoms with E-state index in [9.17, 15) is 9.50 Å². The molecule has 2 rings (SSSR count). The standard InChI is InChI=1S/C17H27FN2O/c1-11(2)20-9-12(3)16(10-20)19-13(4)17(21)14-5-7-15(18)8-6-14/h5-8,11-13,16-17,19,21H,9-10H2,1-4H3/t12-,13-,16+,17+/m1/s1. The van der Waals surface area contributed by atoms with Crippen molar-refractivity contribution in [3.8, 4) is 0 Å². The molecule has 1 aliphatic heterocycles. The Morgan fingerprint density at radius 3 is 2.33 bits per heavy atom. The van der Waals surface area contributed by atoms with E-state index < -0.39 is 6.10 Å². The number of likely N-dealkylation sites (tertiary alicyclic amines) is 1. The Hall–Kier alpha value is -0.970. The maximum atomic E-state index is 12.9. The molecule has 21 heavy (non-hydrogen) atoms. The van der Waals surface area contributed by atoms with E-state index in [1.54, 1.807) is 12.1 Å². The van der Waals surface area contributed by atoms with Crippen molar-refractivity contribution in [3.05, 3.63) is 35.6 Å². The molecule has 4 heteroatoms. The quantitative estimate of drug-likeness (QED) is 0.876. The second-order valence-corrected chi connectivity index (χ2v) is 6.58. The first-order valence-electron chi connectivity index (χ1n) is 7.82. The van der Waals surface area contributed by atoms with Crippen LogP contribution in [0.1, 0.15) is 39.4 Å². The second kappa shape index (κ2) is 6.86. The summed E-state index contributed by atoms with van der Waals surface area (Å²) >= 11 is 0. The molecule has 1 aliphatic rings. The average molecular weight is 294 g/mol. The predicted octanol–water partition coefficient (Wildman–Crippen LogP) is 2.57. The highest BCUT2D eigenvalue weighted by molar-refractivity contribution is 5.19. The number of halogens is 1. The molecule has 0 aromatic heterocycles. The summed E-state index contributed by atoms with van der Waals surface area (Å²) in [5.41, 5.74) is 0.753. The largest absolute Gasteiger partial charge is 0.387 e. The zero-order valence-electron chi connectivity index (χ0n) is 13.4.